The Labute approximate surface area is 194 Å². The number of hydrogen-bond donors (Lipinski definition) is 2. The molecule has 1 saturated heterocycles. The molecule has 0 aromatic heterocycles. The molecular formula is C24H25F3N2O5. The highest BCUT2D eigenvalue weighted by atomic mass is 19.4. The summed E-state index contributed by atoms with van der Waals surface area (Å²) in [6, 6.07) is 6.04. The number of hydrogen-bond acceptors (Lipinski definition) is 5. The van der Waals surface area contributed by atoms with Crippen molar-refractivity contribution in [2.75, 3.05) is 31.5 Å². The number of anilines is 2. The second-order valence-electron chi connectivity index (χ2n) is 7.57. The molecule has 0 radical (unpaired) electrons. The molecule has 0 aliphatic carbocycles. The van der Waals surface area contributed by atoms with Gasteiger partial charge in [0.1, 0.15) is 6.10 Å². The average Bonchev–Trinajstić information content (AvgIpc) is 3.34. The number of halogens is 3. The molecule has 1 unspecified atom stereocenters. The van der Waals surface area contributed by atoms with Crippen molar-refractivity contribution in [3.05, 3.63) is 59.7 Å². The van der Waals surface area contributed by atoms with Crippen molar-refractivity contribution in [1.29, 1.82) is 0 Å². The Balaban J connectivity index is 1.89. The van der Waals surface area contributed by atoms with Gasteiger partial charge in [-0.05, 0) is 49.6 Å². The zero-order chi connectivity index (χ0) is 24.9. The van der Waals surface area contributed by atoms with Gasteiger partial charge in [-0.25, -0.2) is 0 Å². The highest BCUT2D eigenvalue weighted by Gasteiger charge is 2.35. The van der Waals surface area contributed by atoms with Gasteiger partial charge in [-0.15, -0.1) is 6.58 Å². The summed E-state index contributed by atoms with van der Waals surface area (Å²) >= 11 is 0. The quantitative estimate of drug-likeness (QED) is 0.532. The molecule has 34 heavy (non-hydrogen) atoms. The molecule has 1 fully saturated rings. The first-order valence-electron chi connectivity index (χ1n) is 10.5. The number of carbonyl (C=O) groups is 2. The van der Waals surface area contributed by atoms with E-state index in [9.17, 15) is 22.8 Å². The van der Waals surface area contributed by atoms with E-state index in [2.05, 4.69) is 17.2 Å². The maximum Gasteiger partial charge on any atom is 0.418 e. The zero-order valence-electron chi connectivity index (χ0n) is 18.8. The van der Waals surface area contributed by atoms with Gasteiger partial charge in [0.25, 0.3) is 11.8 Å². The number of allylic oxidation sites excluding steroid dienone is 1. The van der Waals surface area contributed by atoms with Gasteiger partial charge in [-0.2, -0.15) is 13.2 Å². The minimum Gasteiger partial charge on any atom is -0.493 e. The van der Waals surface area contributed by atoms with Crippen LogP contribution in [0, 0.1) is 0 Å². The predicted molar refractivity (Wildman–Crippen MR) is 120 cm³/mol. The van der Waals surface area contributed by atoms with Gasteiger partial charge in [-0.1, -0.05) is 6.08 Å². The van der Waals surface area contributed by atoms with Gasteiger partial charge < -0.3 is 24.8 Å². The van der Waals surface area contributed by atoms with Crippen molar-refractivity contribution >= 4 is 23.2 Å². The number of methoxy groups -OCH3 is 2. The third-order valence-corrected chi connectivity index (χ3v) is 5.25. The number of alkyl halides is 3. The van der Waals surface area contributed by atoms with Crippen LogP contribution in [0.15, 0.2) is 43.0 Å². The fourth-order valence-corrected chi connectivity index (χ4v) is 3.65. The molecule has 0 spiro atoms. The smallest absolute Gasteiger partial charge is 0.418 e. The van der Waals surface area contributed by atoms with Gasteiger partial charge in [0.15, 0.2) is 11.5 Å². The number of rotatable bonds is 8. The van der Waals surface area contributed by atoms with Crippen molar-refractivity contribution in [2.45, 2.75) is 31.5 Å². The average molecular weight is 478 g/mol. The third kappa shape index (κ3) is 5.69. The van der Waals surface area contributed by atoms with Crippen LogP contribution in [-0.4, -0.2) is 38.7 Å². The number of ether oxygens (including phenoxy) is 3. The van der Waals surface area contributed by atoms with Crippen molar-refractivity contribution in [1.82, 2.24) is 0 Å². The topological polar surface area (TPSA) is 85.9 Å². The summed E-state index contributed by atoms with van der Waals surface area (Å²) in [7, 11) is 2.83. The monoisotopic (exact) mass is 478 g/mol. The molecule has 182 valence electrons. The lowest BCUT2D eigenvalue weighted by Gasteiger charge is -2.18. The SMILES string of the molecule is C=CCc1cc(C(=O)Nc2ccc(NC(=O)C3CCCO3)cc2C(F)(F)F)cc(OC)c1OC. The van der Waals surface area contributed by atoms with E-state index < -0.39 is 35.3 Å². The van der Waals surface area contributed by atoms with Gasteiger partial charge >= 0.3 is 6.18 Å². The molecule has 3 rings (SSSR count). The fraction of sp³-hybridized carbons (Fsp3) is 0.333. The Hall–Kier alpha value is -3.53. The maximum absolute atomic E-state index is 13.8. The molecule has 2 aromatic carbocycles. The lowest BCUT2D eigenvalue weighted by Crippen LogP contribution is -2.27. The van der Waals surface area contributed by atoms with Crippen LogP contribution in [0.2, 0.25) is 0 Å². The normalized spacial score (nSPS) is 15.5. The van der Waals surface area contributed by atoms with Crippen molar-refractivity contribution < 1.29 is 37.0 Å². The van der Waals surface area contributed by atoms with Crippen molar-refractivity contribution in [3.63, 3.8) is 0 Å². The molecule has 0 saturated carbocycles. The van der Waals surface area contributed by atoms with E-state index in [1.54, 1.807) is 6.08 Å². The number of carbonyl (C=O) groups excluding carboxylic acids is 2. The van der Waals surface area contributed by atoms with Crippen LogP contribution < -0.4 is 20.1 Å². The Bertz CT molecular complexity index is 1080. The van der Waals surface area contributed by atoms with Crippen LogP contribution in [-0.2, 0) is 22.1 Å². The largest absolute Gasteiger partial charge is 0.493 e. The van der Waals surface area contributed by atoms with Crippen LogP contribution in [0.1, 0.15) is 34.3 Å². The Kier molecular flexibility index (Phi) is 7.83. The fourth-order valence-electron chi connectivity index (χ4n) is 3.65. The summed E-state index contributed by atoms with van der Waals surface area (Å²) in [6.07, 6.45) is -2.30. The lowest BCUT2D eigenvalue weighted by molar-refractivity contribution is -0.137. The highest BCUT2D eigenvalue weighted by molar-refractivity contribution is 6.05. The Morgan fingerprint density at radius 1 is 1.18 bits per heavy atom. The van der Waals surface area contributed by atoms with Gasteiger partial charge in [-0.3, -0.25) is 9.59 Å². The van der Waals surface area contributed by atoms with E-state index in [0.717, 1.165) is 12.1 Å². The van der Waals surface area contributed by atoms with E-state index in [1.807, 2.05) is 0 Å². The Morgan fingerprint density at radius 2 is 1.94 bits per heavy atom. The first-order valence-corrected chi connectivity index (χ1v) is 10.5. The highest BCUT2D eigenvalue weighted by Crippen LogP contribution is 2.38. The maximum atomic E-state index is 13.8. The summed E-state index contributed by atoms with van der Waals surface area (Å²) in [5.41, 5.74) is -0.931. The second kappa shape index (κ2) is 10.6. The van der Waals surface area contributed by atoms with Crippen LogP contribution in [0.5, 0.6) is 11.5 Å². The third-order valence-electron chi connectivity index (χ3n) is 5.25. The molecule has 1 aliphatic rings. The molecule has 2 aromatic rings. The first-order chi connectivity index (χ1) is 16.2. The van der Waals surface area contributed by atoms with E-state index >= 15 is 0 Å². The van der Waals surface area contributed by atoms with Crippen LogP contribution in [0.4, 0.5) is 24.5 Å². The predicted octanol–water partition coefficient (Wildman–Crippen LogP) is 4.82. The minimum absolute atomic E-state index is 0.0507. The minimum atomic E-state index is -4.78. The number of nitrogens with one attached hydrogen (secondary N) is 2. The second-order valence-corrected chi connectivity index (χ2v) is 7.57. The van der Waals surface area contributed by atoms with Crippen LogP contribution >= 0.6 is 0 Å². The molecule has 0 bridgehead atoms. The van der Waals surface area contributed by atoms with Crippen LogP contribution in [0.25, 0.3) is 0 Å². The lowest BCUT2D eigenvalue weighted by atomic mass is 10.0. The van der Waals surface area contributed by atoms with E-state index in [1.165, 1.54) is 32.4 Å². The standard InChI is InChI=1S/C24H25F3N2O5/c1-4-6-14-11-15(12-20(32-2)21(14)33-3)22(30)29-18-9-8-16(13-17(18)24(25,26)27)28-23(31)19-7-5-10-34-19/h4,8-9,11-13,19H,1,5-7,10H2,2-3H3,(H,28,31)(H,29,30). The van der Waals surface area contributed by atoms with Gasteiger partial charge in [0, 0.05) is 23.4 Å². The summed E-state index contributed by atoms with van der Waals surface area (Å²) in [5, 5.41) is 4.75. The Morgan fingerprint density at radius 3 is 2.53 bits per heavy atom. The number of benzene rings is 2. The number of amides is 2. The van der Waals surface area contributed by atoms with Crippen molar-refractivity contribution in [3.8, 4) is 11.5 Å². The summed E-state index contributed by atoms with van der Waals surface area (Å²) in [4.78, 5) is 25.1. The molecule has 1 heterocycles. The summed E-state index contributed by atoms with van der Waals surface area (Å²) in [6.45, 7) is 4.09. The molecule has 10 heteroatoms. The molecule has 2 amide bonds. The van der Waals surface area contributed by atoms with Crippen molar-refractivity contribution in [2.24, 2.45) is 0 Å². The van der Waals surface area contributed by atoms with Gasteiger partial charge in [0.05, 0.1) is 25.5 Å². The van der Waals surface area contributed by atoms with E-state index in [4.69, 9.17) is 14.2 Å². The first kappa shape index (κ1) is 25.1. The van der Waals surface area contributed by atoms with Crippen LogP contribution in [0.3, 0.4) is 0 Å². The molecule has 1 atom stereocenters. The molecule has 7 nitrogen and oxygen atoms in total. The van der Waals surface area contributed by atoms with E-state index in [0.29, 0.717) is 37.2 Å². The van der Waals surface area contributed by atoms with Gasteiger partial charge in [0.2, 0.25) is 0 Å². The molecular weight excluding hydrogens is 453 g/mol. The zero-order valence-corrected chi connectivity index (χ0v) is 18.8. The molecule has 2 N–H and O–H groups in total. The summed E-state index contributed by atoms with van der Waals surface area (Å²) in [5.74, 6) is -0.619. The molecule has 1 aliphatic heterocycles. The summed E-state index contributed by atoms with van der Waals surface area (Å²) < 4.78 is 57.1. The van der Waals surface area contributed by atoms with E-state index in [-0.39, 0.29) is 17.0 Å².